The number of phenols is 1. The van der Waals surface area contributed by atoms with Gasteiger partial charge in [0.15, 0.2) is 0 Å². The number of carbonyl (C=O) groups excluding carboxylic acids is 1. The quantitative estimate of drug-likeness (QED) is 0.757. The second-order valence-electron chi connectivity index (χ2n) is 7.01. The van der Waals surface area contributed by atoms with E-state index in [4.69, 9.17) is 0 Å². The van der Waals surface area contributed by atoms with Gasteiger partial charge in [-0.3, -0.25) is 4.79 Å². The van der Waals surface area contributed by atoms with E-state index in [0.717, 1.165) is 24.9 Å². The van der Waals surface area contributed by atoms with E-state index in [9.17, 15) is 15.0 Å². The van der Waals surface area contributed by atoms with E-state index in [1.165, 1.54) is 5.56 Å². The Morgan fingerprint density at radius 1 is 1.33 bits per heavy atom. The monoisotopic (exact) mass is 287 g/mol. The second kappa shape index (κ2) is 4.08. The van der Waals surface area contributed by atoms with Gasteiger partial charge >= 0.3 is 0 Å². The van der Waals surface area contributed by atoms with Crippen LogP contribution in [0, 0.1) is 0 Å². The van der Waals surface area contributed by atoms with Crippen LogP contribution < -0.4 is 0 Å². The van der Waals surface area contributed by atoms with Crippen molar-refractivity contribution in [2.24, 2.45) is 0 Å². The lowest BCUT2D eigenvalue weighted by Gasteiger charge is -2.62. The molecule has 112 valence electrons. The lowest BCUT2D eigenvalue weighted by atomic mass is 9.49. The fourth-order valence-corrected chi connectivity index (χ4v) is 5.01. The first-order valence-corrected chi connectivity index (χ1v) is 7.73. The zero-order valence-corrected chi connectivity index (χ0v) is 12.3. The molecular weight excluding hydrogens is 266 g/mol. The van der Waals surface area contributed by atoms with Crippen LogP contribution in [0.15, 0.2) is 18.2 Å². The predicted molar refractivity (Wildman–Crippen MR) is 78.3 cm³/mol. The van der Waals surface area contributed by atoms with Crippen molar-refractivity contribution in [1.82, 2.24) is 4.90 Å². The highest BCUT2D eigenvalue weighted by atomic mass is 16.3. The first kappa shape index (κ1) is 13.3. The summed E-state index contributed by atoms with van der Waals surface area (Å²) in [7, 11) is 2.06. The minimum Gasteiger partial charge on any atom is -0.508 e. The third-order valence-electron chi connectivity index (χ3n) is 6.11. The smallest absolute Gasteiger partial charge is 0.134 e. The van der Waals surface area contributed by atoms with Crippen LogP contribution in [0.4, 0.5) is 0 Å². The summed E-state index contributed by atoms with van der Waals surface area (Å²) in [5.74, 6) is 0.458. The van der Waals surface area contributed by atoms with E-state index < -0.39 is 11.0 Å². The van der Waals surface area contributed by atoms with Crippen LogP contribution in [-0.2, 0) is 16.6 Å². The van der Waals surface area contributed by atoms with Gasteiger partial charge in [-0.15, -0.1) is 0 Å². The number of fused-ring (bicyclic) bond motifs is 1. The van der Waals surface area contributed by atoms with Crippen LogP contribution in [0.5, 0.6) is 5.75 Å². The lowest BCUT2D eigenvalue weighted by Crippen LogP contribution is -2.72. The molecule has 4 heteroatoms. The maximum atomic E-state index is 12.1. The normalized spacial score (nSPS) is 38.8. The summed E-state index contributed by atoms with van der Waals surface area (Å²) in [5, 5.41) is 21.4. The standard InChI is InChI=1S/C17H21NO3/c1-18-7-6-16-10-13(20)4-5-17(16,21)15(18)8-11-2-3-12(19)9-14(11)16/h2-3,9,15,19,21H,4-8,10H2,1H3/t15?,16-,17-/m1/s1. The Labute approximate surface area is 124 Å². The average Bonchev–Trinajstić information content (AvgIpc) is 2.45. The minimum absolute atomic E-state index is 0.0661. The van der Waals surface area contributed by atoms with Gasteiger partial charge in [-0.1, -0.05) is 6.07 Å². The first-order chi connectivity index (χ1) is 9.96. The number of aromatic hydroxyl groups is 1. The summed E-state index contributed by atoms with van der Waals surface area (Å²) in [6, 6.07) is 5.51. The number of nitrogens with zero attached hydrogens (tertiary/aromatic N) is 1. The van der Waals surface area contributed by atoms with Crippen molar-refractivity contribution < 1.29 is 15.0 Å². The van der Waals surface area contributed by atoms with Crippen LogP contribution in [0.2, 0.25) is 0 Å². The molecule has 1 aromatic rings. The molecule has 0 aromatic heterocycles. The van der Waals surface area contributed by atoms with Gasteiger partial charge in [-0.05, 0) is 56.1 Å². The van der Waals surface area contributed by atoms with Crippen molar-refractivity contribution in [3.8, 4) is 5.75 Å². The number of likely N-dealkylation sites (tertiary alicyclic amines) is 1. The highest BCUT2D eigenvalue weighted by Gasteiger charge is 2.64. The number of phenolic OH excluding ortho intramolecular Hbond substituents is 1. The number of rotatable bonds is 0. The number of ketones is 1. The number of benzene rings is 1. The van der Waals surface area contributed by atoms with Gasteiger partial charge in [-0.2, -0.15) is 0 Å². The average molecular weight is 287 g/mol. The molecule has 0 radical (unpaired) electrons. The van der Waals surface area contributed by atoms with E-state index in [1.807, 2.05) is 6.07 Å². The fourth-order valence-electron chi connectivity index (χ4n) is 5.01. The summed E-state index contributed by atoms with van der Waals surface area (Å²) >= 11 is 0. The number of hydrogen-bond donors (Lipinski definition) is 2. The van der Waals surface area contributed by atoms with Crippen LogP contribution >= 0.6 is 0 Å². The van der Waals surface area contributed by atoms with Gasteiger partial charge in [0.05, 0.1) is 5.60 Å². The molecule has 2 aliphatic carbocycles. The number of likely N-dealkylation sites (N-methyl/N-ethyl adjacent to an activating group) is 1. The molecule has 0 amide bonds. The maximum Gasteiger partial charge on any atom is 0.134 e. The van der Waals surface area contributed by atoms with Gasteiger partial charge < -0.3 is 15.1 Å². The molecular formula is C17H21NO3. The molecule has 1 saturated carbocycles. The van der Waals surface area contributed by atoms with Crippen LogP contribution in [0.3, 0.4) is 0 Å². The van der Waals surface area contributed by atoms with Crippen molar-refractivity contribution >= 4 is 5.78 Å². The first-order valence-electron chi connectivity index (χ1n) is 7.73. The molecule has 2 N–H and O–H groups in total. The molecule has 1 saturated heterocycles. The maximum absolute atomic E-state index is 12.1. The molecule has 1 aliphatic heterocycles. The minimum atomic E-state index is -0.852. The van der Waals surface area contributed by atoms with Gasteiger partial charge in [0.1, 0.15) is 11.5 Å². The van der Waals surface area contributed by atoms with Gasteiger partial charge in [0.2, 0.25) is 0 Å². The van der Waals surface area contributed by atoms with E-state index in [1.54, 1.807) is 12.1 Å². The zero-order valence-electron chi connectivity index (χ0n) is 12.3. The highest BCUT2D eigenvalue weighted by molar-refractivity contribution is 5.82. The Bertz CT molecular complexity index is 628. The van der Waals surface area contributed by atoms with Crippen molar-refractivity contribution in [3.05, 3.63) is 29.3 Å². The van der Waals surface area contributed by atoms with E-state index in [-0.39, 0.29) is 17.6 Å². The molecule has 4 nitrogen and oxygen atoms in total. The van der Waals surface area contributed by atoms with Crippen LogP contribution in [-0.4, -0.2) is 46.1 Å². The second-order valence-corrected chi connectivity index (χ2v) is 7.01. The predicted octanol–water partition coefficient (Wildman–Crippen LogP) is 1.37. The molecule has 1 heterocycles. The summed E-state index contributed by atoms with van der Waals surface area (Å²) in [5.41, 5.74) is 0.812. The zero-order chi connectivity index (χ0) is 14.8. The van der Waals surface area contributed by atoms with E-state index in [2.05, 4.69) is 11.9 Å². The number of aliphatic hydroxyl groups is 1. The van der Waals surface area contributed by atoms with Crippen molar-refractivity contribution in [2.45, 2.75) is 49.2 Å². The number of carbonyl (C=O) groups is 1. The molecule has 2 fully saturated rings. The van der Waals surface area contributed by atoms with Crippen molar-refractivity contribution in [1.29, 1.82) is 0 Å². The molecule has 4 rings (SSSR count). The van der Waals surface area contributed by atoms with Crippen molar-refractivity contribution in [2.75, 3.05) is 13.6 Å². The van der Waals surface area contributed by atoms with Crippen molar-refractivity contribution in [3.63, 3.8) is 0 Å². The van der Waals surface area contributed by atoms with E-state index in [0.29, 0.717) is 19.3 Å². The molecule has 3 aliphatic rings. The SMILES string of the molecule is CN1CC[C@]23CC(=O)CC[C@@]2(O)C1Cc1ccc(O)cc13. The largest absolute Gasteiger partial charge is 0.508 e. The topological polar surface area (TPSA) is 60.8 Å². The van der Waals surface area contributed by atoms with Crippen LogP contribution in [0.25, 0.3) is 0 Å². The van der Waals surface area contributed by atoms with Gasteiger partial charge in [0, 0.05) is 24.3 Å². The van der Waals surface area contributed by atoms with Gasteiger partial charge in [-0.25, -0.2) is 0 Å². The Morgan fingerprint density at radius 3 is 2.95 bits per heavy atom. The Kier molecular flexibility index (Phi) is 2.58. The molecule has 21 heavy (non-hydrogen) atoms. The Balaban J connectivity index is 1.98. The Hall–Kier alpha value is -1.39. The molecule has 1 unspecified atom stereocenters. The summed E-state index contributed by atoms with van der Waals surface area (Å²) in [6.45, 7) is 0.884. The Morgan fingerprint density at radius 2 is 2.14 bits per heavy atom. The third kappa shape index (κ3) is 1.55. The molecule has 2 bridgehead atoms. The molecule has 3 atom stereocenters. The molecule has 0 spiro atoms. The highest BCUT2D eigenvalue weighted by Crippen LogP contribution is 2.57. The molecule has 1 aromatic carbocycles. The number of piperidine rings is 1. The summed E-state index contributed by atoms with van der Waals surface area (Å²) in [6.07, 6.45) is 2.98. The fraction of sp³-hybridized carbons (Fsp3) is 0.588. The third-order valence-corrected chi connectivity index (χ3v) is 6.11. The lowest BCUT2D eigenvalue weighted by molar-refractivity contribution is -0.168. The summed E-state index contributed by atoms with van der Waals surface area (Å²) < 4.78 is 0. The van der Waals surface area contributed by atoms with E-state index >= 15 is 0 Å². The van der Waals surface area contributed by atoms with Gasteiger partial charge in [0.25, 0.3) is 0 Å². The number of hydrogen-bond acceptors (Lipinski definition) is 4. The number of Topliss-reactive ketones (excluding diaryl/α,β-unsaturated/α-hetero) is 1. The summed E-state index contributed by atoms with van der Waals surface area (Å²) in [4.78, 5) is 14.4. The van der Waals surface area contributed by atoms with Crippen LogP contribution in [0.1, 0.15) is 36.8 Å².